The Bertz CT molecular complexity index is 1070. The molecule has 3 unspecified atom stereocenters. The highest BCUT2D eigenvalue weighted by Crippen LogP contribution is 2.44. The average molecular weight is 381 g/mol. The number of carbonyl (C=O) groups excluding carboxylic acids is 1. The first kappa shape index (κ1) is 17.7. The maximum Gasteiger partial charge on any atom is 0.145 e. The van der Waals surface area contributed by atoms with Crippen LogP contribution >= 0.6 is 0 Å². The molecule has 4 nitrogen and oxygen atoms in total. The van der Waals surface area contributed by atoms with Gasteiger partial charge < -0.3 is 10.6 Å². The largest absolute Gasteiger partial charge is 0.375 e. The van der Waals surface area contributed by atoms with E-state index in [0.29, 0.717) is 6.42 Å². The van der Waals surface area contributed by atoms with E-state index in [1.165, 1.54) is 11.1 Å². The zero-order chi connectivity index (χ0) is 19.8. The van der Waals surface area contributed by atoms with Gasteiger partial charge in [-0.15, -0.1) is 0 Å². The molecular formula is C25H23N3O. The Balaban J connectivity index is 1.61. The predicted octanol–water partition coefficient (Wildman–Crippen LogP) is 5.23. The lowest BCUT2D eigenvalue weighted by Crippen LogP contribution is -2.33. The molecule has 1 aliphatic heterocycles. The minimum absolute atomic E-state index is 0.0882. The van der Waals surface area contributed by atoms with Crippen molar-refractivity contribution in [1.29, 1.82) is 0 Å². The zero-order valence-corrected chi connectivity index (χ0v) is 16.3. The van der Waals surface area contributed by atoms with Crippen LogP contribution in [0.25, 0.3) is 0 Å². The van der Waals surface area contributed by atoms with Crippen LogP contribution in [0.5, 0.6) is 0 Å². The highest BCUT2D eigenvalue weighted by Gasteiger charge is 2.39. The van der Waals surface area contributed by atoms with Gasteiger partial charge in [0, 0.05) is 30.4 Å². The lowest BCUT2D eigenvalue weighted by atomic mass is 9.76. The fourth-order valence-electron chi connectivity index (χ4n) is 4.38. The van der Waals surface area contributed by atoms with Crippen LogP contribution in [0, 0.1) is 12.8 Å². The summed E-state index contributed by atoms with van der Waals surface area (Å²) in [5, 5.41) is 7.18. The molecule has 0 saturated heterocycles. The number of nitrogens with one attached hydrogen (secondary N) is 2. The van der Waals surface area contributed by atoms with Crippen molar-refractivity contribution in [2.75, 3.05) is 10.6 Å². The molecule has 2 N–H and O–H groups in total. The van der Waals surface area contributed by atoms with Crippen LogP contribution in [-0.4, -0.2) is 10.8 Å². The van der Waals surface area contributed by atoms with E-state index in [4.69, 9.17) is 0 Å². The SMILES string of the molecule is Cc1ccc(C2C=C3Nc4ccccc4NC(c4ccncc4)C3C(=O)C2)cc1. The van der Waals surface area contributed by atoms with Gasteiger partial charge in [0.1, 0.15) is 5.78 Å². The van der Waals surface area contributed by atoms with Crippen LogP contribution in [0.15, 0.2) is 84.8 Å². The second-order valence-electron chi connectivity index (χ2n) is 7.86. The summed E-state index contributed by atoms with van der Waals surface area (Å²) in [7, 11) is 0. The molecular weight excluding hydrogens is 358 g/mol. The van der Waals surface area contributed by atoms with E-state index in [0.717, 1.165) is 22.6 Å². The molecule has 2 aromatic carbocycles. The Labute approximate surface area is 170 Å². The third kappa shape index (κ3) is 3.31. The van der Waals surface area contributed by atoms with Gasteiger partial charge in [-0.1, -0.05) is 48.0 Å². The number of pyridine rings is 1. The van der Waals surface area contributed by atoms with Gasteiger partial charge >= 0.3 is 0 Å². The molecule has 0 fully saturated rings. The van der Waals surface area contributed by atoms with Gasteiger partial charge in [0.05, 0.1) is 23.3 Å². The first-order valence-corrected chi connectivity index (χ1v) is 10.0. The van der Waals surface area contributed by atoms with Crippen LogP contribution in [0.3, 0.4) is 0 Å². The molecule has 1 aromatic heterocycles. The maximum atomic E-state index is 13.4. The van der Waals surface area contributed by atoms with E-state index in [2.05, 4.69) is 65.0 Å². The Kier molecular flexibility index (Phi) is 4.39. The molecule has 29 heavy (non-hydrogen) atoms. The van der Waals surface area contributed by atoms with Crippen LogP contribution < -0.4 is 10.6 Å². The van der Waals surface area contributed by atoms with Crippen molar-refractivity contribution in [3.63, 3.8) is 0 Å². The lowest BCUT2D eigenvalue weighted by molar-refractivity contribution is -0.122. The molecule has 5 rings (SSSR count). The predicted molar refractivity (Wildman–Crippen MR) is 116 cm³/mol. The zero-order valence-electron chi connectivity index (χ0n) is 16.3. The van der Waals surface area contributed by atoms with Crippen LogP contribution in [0.4, 0.5) is 11.4 Å². The molecule has 0 spiro atoms. The number of fused-ring (bicyclic) bond motifs is 2. The third-order valence-electron chi connectivity index (χ3n) is 5.90. The molecule has 0 saturated carbocycles. The number of ketones is 1. The van der Waals surface area contributed by atoms with Crippen LogP contribution in [0.2, 0.25) is 0 Å². The Morgan fingerprint density at radius 2 is 1.62 bits per heavy atom. The van der Waals surface area contributed by atoms with Crippen molar-refractivity contribution in [2.45, 2.75) is 25.3 Å². The molecule has 2 heterocycles. The fraction of sp³-hybridized carbons (Fsp3) is 0.200. The summed E-state index contributed by atoms with van der Waals surface area (Å²) >= 11 is 0. The quantitative estimate of drug-likeness (QED) is 0.639. The van der Waals surface area contributed by atoms with Gasteiger partial charge in [-0.05, 0) is 42.3 Å². The van der Waals surface area contributed by atoms with E-state index in [1.54, 1.807) is 12.4 Å². The third-order valence-corrected chi connectivity index (χ3v) is 5.90. The first-order valence-electron chi connectivity index (χ1n) is 10.0. The van der Waals surface area contributed by atoms with Crippen molar-refractivity contribution in [3.8, 4) is 0 Å². The molecule has 0 bridgehead atoms. The minimum Gasteiger partial charge on any atom is -0.375 e. The van der Waals surface area contributed by atoms with Gasteiger partial charge in [0.2, 0.25) is 0 Å². The Hall–Kier alpha value is -3.40. The smallest absolute Gasteiger partial charge is 0.145 e. The van der Waals surface area contributed by atoms with Crippen molar-refractivity contribution in [2.24, 2.45) is 5.92 Å². The van der Waals surface area contributed by atoms with E-state index in [-0.39, 0.29) is 23.7 Å². The standard InChI is InChI=1S/C25H23N3O/c1-16-6-8-17(9-7-16)19-14-22-24(23(29)15-19)25(18-10-12-26-13-11-18)28-21-5-3-2-4-20(21)27-22/h2-14,19,24-25,27-28H,15H2,1H3. The molecule has 144 valence electrons. The van der Waals surface area contributed by atoms with E-state index >= 15 is 0 Å². The van der Waals surface area contributed by atoms with Crippen LogP contribution in [0.1, 0.15) is 35.1 Å². The van der Waals surface area contributed by atoms with Crippen LogP contribution in [-0.2, 0) is 4.79 Å². The fourth-order valence-corrected chi connectivity index (χ4v) is 4.38. The molecule has 0 amide bonds. The topological polar surface area (TPSA) is 54.0 Å². The van der Waals surface area contributed by atoms with E-state index < -0.39 is 0 Å². The maximum absolute atomic E-state index is 13.4. The summed E-state index contributed by atoms with van der Waals surface area (Å²) in [6, 6.07) is 20.5. The van der Waals surface area contributed by atoms with Gasteiger partial charge in [0.15, 0.2) is 0 Å². The van der Waals surface area contributed by atoms with Gasteiger partial charge in [-0.2, -0.15) is 0 Å². The summed E-state index contributed by atoms with van der Waals surface area (Å²) in [4.78, 5) is 17.6. The number of anilines is 2. The number of aromatic nitrogens is 1. The summed E-state index contributed by atoms with van der Waals surface area (Å²) in [5.41, 5.74) is 6.46. The number of hydrogen-bond acceptors (Lipinski definition) is 4. The molecule has 4 heteroatoms. The molecule has 0 radical (unpaired) electrons. The number of hydrogen-bond donors (Lipinski definition) is 2. The minimum atomic E-state index is -0.258. The van der Waals surface area contributed by atoms with Gasteiger partial charge in [0.25, 0.3) is 0 Å². The number of nitrogens with zero attached hydrogens (tertiary/aromatic N) is 1. The van der Waals surface area contributed by atoms with Crippen molar-refractivity contribution < 1.29 is 4.79 Å². The molecule has 3 atom stereocenters. The van der Waals surface area contributed by atoms with Gasteiger partial charge in [-0.25, -0.2) is 0 Å². The van der Waals surface area contributed by atoms with Crippen molar-refractivity contribution in [1.82, 2.24) is 4.98 Å². The number of carbonyl (C=O) groups is 1. The van der Waals surface area contributed by atoms with Crippen molar-refractivity contribution >= 4 is 17.2 Å². The normalized spacial score (nSPS) is 23.0. The molecule has 1 aliphatic carbocycles. The number of rotatable bonds is 2. The first-order chi connectivity index (χ1) is 14.2. The average Bonchev–Trinajstić information content (AvgIpc) is 2.92. The molecule has 2 aliphatic rings. The number of para-hydroxylation sites is 2. The van der Waals surface area contributed by atoms with E-state index in [1.807, 2.05) is 24.3 Å². The number of benzene rings is 2. The molecule has 3 aromatic rings. The summed E-state index contributed by atoms with van der Waals surface area (Å²) < 4.78 is 0. The second-order valence-corrected chi connectivity index (χ2v) is 7.86. The van der Waals surface area contributed by atoms with E-state index in [9.17, 15) is 4.79 Å². The summed E-state index contributed by atoms with van der Waals surface area (Å²) in [5.74, 6) is 0.0828. The highest BCUT2D eigenvalue weighted by molar-refractivity contribution is 5.90. The van der Waals surface area contributed by atoms with Crippen molar-refractivity contribution in [3.05, 3.63) is 102 Å². The second kappa shape index (κ2) is 7.21. The monoisotopic (exact) mass is 381 g/mol. The summed E-state index contributed by atoms with van der Waals surface area (Å²) in [6.45, 7) is 2.08. The Morgan fingerprint density at radius 3 is 2.38 bits per heavy atom. The number of Topliss-reactive ketones (excluding diaryl/α,β-unsaturated/α-hetero) is 1. The Morgan fingerprint density at radius 1 is 0.897 bits per heavy atom. The van der Waals surface area contributed by atoms with Gasteiger partial charge in [-0.3, -0.25) is 9.78 Å². The summed E-state index contributed by atoms with van der Waals surface area (Å²) in [6.07, 6.45) is 6.33. The number of allylic oxidation sites excluding steroid dienone is 1. The lowest BCUT2D eigenvalue weighted by Gasteiger charge is -2.32. The highest BCUT2D eigenvalue weighted by atomic mass is 16.1. The number of aryl methyl sites for hydroxylation is 1.